The molecule has 9 heteroatoms. The largest absolute Gasteiger partial charge is 0.394 e. The molecule has 0 saturated carbocycles. The molecule has 7 atom stereocenters. The second-order valence-corrected chi connectivity index (χ2v) is 15.8. The van der Waals surface area contributed by atoms with Gasteiger partial charge >= 0.3 is 0 Å². The lowest BCUT2D eigenvalue weighted by atomic mass is 9.99. The maximum atomic E-state index is 12.9. The number of rotatable bonds is 37. The van der Waals surface area contributed by atoms with Crippen molar-refractivity contribution in [3.8, 4) is 0 Å². The third kappa shape index (κ3) is 26.5. The van der Waals surface area contributed by atoms with Gasteiger partial charge in [0.2, 0.25) is 5.91 Å². The van der Waals surface area contributed by atoms with Gasteiger partial charge in [0.1, 0.15) is 24.4 Å². The van der Waals surface area contributed by atoms with Crippen LogP contribution in [0.3, 0.4) is 0 Å². The quantitative estimate of drug-likeness (QED) is 0.0271. The maximum absolute atomic E-state index is 12.9. The first-order chi connectivity index (χ1) is 26.3. The van der Waals surface area contributed by atoms with Gasteiger partial charge in [-0.1, -0.05) is 186 Å². The van der Waals surface area contributed by atoms with Crippen LogP contribution in [0.4, 0.5) is 0 Å². The van der Waals surface area contributed by atoms with Crippen LogP contribution in [0.2, 0.25) is 0 Å². The number of ether oxygens (including phenoxy) is 2. The van der Waals surface area contributed by atoms with E-state index in [2.05, 4.69) is 31.3 Å². The molecule has 1 aliphatic rings. The van der Waals surface area contributed by atoms with Gasteiger partial charge in [0.25, 0.3) is 0 Å². The number of hydrogen-bond acceptors (Lipinski definition) is 8. The second-order valence-electron chi connectivity index (χ2n) is 15.8. The van der Waals surface area contributed by atoms with E-state index in [9.17, 15) is 30.3 Å². The van der Waals surface area contributed by atoms with Crippen molar-refractivity contribution < 1.29 is 39.8 Å². The SMILES string of the molecule is CCCCCCC/C=C/CC/C=C/C(O)C(COC1OC(CO)C(O)C(O)C1O)NC(=O)CCCCCCCCCCCCCCCCCCCCCC. The molecule has 318 valence electrons. The first kappa shape index (κ1) is 50.7. The summed E-state index contributed by atoms with van der Waals surface area (Å²) in [7, 11) is 0. The zero-order valence-corrected chi connectivity index (χ0v) is 34.7. The van der Waals surface area contributed by atoms with Crippen LogP contribution in [0, 0.1) is 0 Å². The lowest BCUT2D eigenvalue weighted by molar-refractivity contribution is -0.302. The molecule has 1 amide bonds. The Labute approximate surface area is 330 Å². The fourth-order valence-corrected chi connectivity index (χ4v) is 7.11. The molecule has 1 aliphatic heterocycles. The summed E-state index contributed by atoms with van der Waals surface area (Å²) in [6, 6.07) is -0.815. The van der Waals surface area contributed by atoms with Gasteiger partial charge in [-0.2, -0.15) is 0 Å². The van der Waals surface area contributed by atoms with E-state index in [0.29, 0.717) is 6.42 Å². The van der Waals surface area contributed by atoms with Crippen LogP contribution in [0.1, 0.15) is 200 Å². The summed E-state index contributed by atoms with van der Waals surface area (Å²) < 4.78 is 11.2. The number of allylic oxidation sites excluding steroid dienone is 3. The molecule has 1 fully saturated rings. The van der Waals surface area contributed by atoms with E-state index in [1.807, 2.05) is 6.08 Å². The van der Waals surface area contributed by atoms with Crippen molar-refractivity contribution in [2.24, 2.45) is 0 Å². The molecular formula is C45H85NO8. The lowest BCUT2D eigenvalue weighted by Gasteiger charge is -2.40. The molecule has 0 aromatic carbocycles. The van der Waals surface area contributed by atoms with Gasteiger partial charge in [-0.25, -0.2) is 0 Å². The van der Waals surface area contributed by atoms with Gasteiger partial charge in [0.05, 0.1) is 25.4 Å². The highest BCUT2D eigenvalue weighted by atomic mass is 16.7. The molecule has 54 heavy (non-hydrogen) atoms. The van der Waals surface area contributed by atoms with Gasteiger partial charge in [0.15, 0.2) is 6.29 Å². The Morgan fingerprint density at radius 2 is 1.06 bits per heavy atom. The van der Waals surface area contributed by atoms with Crippen LogP contribution >= 0.6 is 0 Å². The average molecular weight is 768 g/mol. The third-order valence-electron chi connectivity index (χ3n) is 10.8. The van der Waals surface area contributed by atoms with Gasteiger partial charge in [-0.05, 0) is 32.1 Å². The Morgan fingerprint density at radius 1 is 0.611 bits per heavy atom. The lowest BCUT2D eigenvalue weighted by Crippen LogP contribution is -2.60. The number of hydrogen-bond donors (Lipinski definition) is 6. The van der Waals surface area contributed by atoms with Crippen molar-refractivity contribution in [3.05, 3.63) is 24.3 Å². The molecule has 0 aromatic rings. The molecule has 1 saturated heterocycles. The van der Waals surface area contributed by atoms with E-state index in [1.54, 1.807) is 6.08 Å². The normalized spacial score (nSPS) is 21.6. The summed E-state index contributed by atoms with van der Waals surface area (Å²) >= 11 is 0. The number of unbranched alkanes of at least 4 members (excludes halogenated alkanes) is 25. The summed E-state index contributed by atoms with van der Waals surface area (Å²) in [6.07, 6.45) is 35.2. The van der Waals surface area contributed by atoms with E-state index < -0.39 is 49.5 Å². The Kier molecular flexibility index (Phi) is 33.8. The van der Waals surface area contributed by atoms with Crippen LogP contribution in [-0.4, -0.2) is 87.5 Å². The topological polar surface area (TPSA) is 149 Å². The number of aliphatic hydroxyl groups is 5. The van der Waals surface area contributed by atoms with Crippen LogP contribution in [0.25, 0.3) is 0 Å². The van der Waals surface area contributed by atoms with E-state index in [0.717, 1.165) is 38.5 Å². The van der Waals surface area contributed by atoms with Crippen LogP contribution in [0.5, 0.6) is 0 Å². The predicted octanol–water partition coefficient (Wildman–Crippen LogP) is 9.11. The number of amides is 1. The van der Waals surface area contributed by atoms with Crippen molar-refractivity contribution in [1.82, 2.24) is 5.32 Å². The summed E-state index contributed by atoms with van der Waals surface area (Å²) in [5.41, 5.74) is 0. The Bertz CT molecular complexity index is 899. The van der Waals surface area contributed by atoms with E-state index in [1.165, 1.54) is 141 Å². The summed E-state index contributed by atoms with van der Waals surface area (Å²) in [5, 5.41) is 54.0. The Balaban J connectivity index is 2.31. The summed E-state index contributed by atoms with van der Waals surface area (Å²) in [4.78, 5) is 12.9. The smallest absolute Gasteiger partial charge is 0.220 e. The minimum atomic E-state index is -1.57. The minimum absolute atomic E-state index is 0.186. The summed E-state index contributed by atoms with van der Waals surface area (Å²) in [6.45, 7) is 3.73. The van der Waals surface area contributed by atoms with Gasteiger partial charge < -0.3 is 40.3 Å². The molecule has 7 unspecified atom stereocenters. The molecule has 6 N–H and O–H groups in total. The highest BCUT2D eigenvalue weighted by molar-refractivity contribution is 5.76. The van der Waals surface area contributed by atoms with Gasteiger partial charge in [-0.15, -0.1) is 0 Å². The van der Waals surface area contributed by atoms with Gasteiger partial charge in [0, 0.05) is 6.42 Å². The number of carbonyl (C=O) groups excluding carboxylic acids is 1. The van der Waals surface area contributed by atoms with Crippen molar-refractivity contribution in [2.75, 3.05) is 13.2 Å². The number of aliphatic hydroxyl groups excluding tert-OH is 5. The zero-order valence-electron chi connectivity index (χ0n) is 34.7. The molecule has 0 bridgehead atoms. The van der Waals surface area contributed by atoms with Crippen molar-refractivity contribution in [2.45, 2.75) is 243 Å². The highest BCUT2D eigenvalue weighted by Gasteiger charge is 2.44. The van der Waals surface area contributed by atoms with Gasteiger partial charge in [-0.3, -0.25) is 4.79 Å². The molecule has 0 aliphatic carbocycles. The Hall–Kier alpha value is -1.33. The van der Waals surface area contributed by atoms with Crippen molar-refractivity contribution in [1.29, 1.82) is 0 Å². The number of carbonyl (C=O) groups is 1. The first-order valence-corrected chi connectivity index (χ1v) is 22.6. The second kappa shape index (κ2) is 36.0. The first-order valence-electron chi connectivity index (χ1n) is 22.6. The molecular weight excluding hydrogens is 682 g/mol. The van der Waals surface area contributed by atoms with Crippen LogP contribution in [-0.2, 0) is 14.3 Å². The summed E-state index contributed by atoms with van der Waals surface area (Å²) in [5.74, 6) is -0.186. The molecule has 0 aromatic heterocycles. The Morgan fingerprint density at radius 3 is 1.56 bits per heavy atom. The minimum Gasteiger partial charge on any atom is -0.394 e. The standard InChI is InChI=1S/C45H85NO8/c1-3-5-7-9-11-13-15-16-17-18-19-20-21-22-23-25-27-29-31-33-35-41(49)46-38(37-53-45-44(52)43(51)42(50)40(36-47)54-45)39(48)34-32-30-28-26-24-14-12-10-8-6-4-2/h24,26,32,34,38-40,42-45,47-48,50-52H,3-23,25,27-31,33,35-37H2,1-2H3,(H,46,49)/b26-24+,34-32+. The molecule has 1 heterocycles. The van der Waals surface area contributed by atoms with E-state index >= 15 is 0 Å². The highest BCUT2D eigenvalue weighted by Crippen LogP contribution is 2.22. The zero-order chi connectivity index (χ0) is 39.5. The fraction of sp³-hybridized carbons (Fsp3) is 0.889. The molecule has 0 radical (unpaired) electrons. The van der Waals surface area contributed by atoms with Crippen LogP contribution < -0.4 is 5.32 Å². The van der Waals surface area contributed by atoms with Crippen molar-refractivity contribution >= 4 is 5.91 Å². The maximum Gasteiger partial charge on any atom is 0.220 e. The third-order valence-corrected chi connectivity index (χ3v) is 10.8. The molecule has 9 nitrogen and oxygen atoms in total. The van der Waals surface area contributed by atoms with Crippen molar-refractivity contribution in [3.63, 3.8) is 0 Å². The fourth-order valence-electron chi connectivity index (χ4n) is 7.11. The van der Waals surface area contributed by atoms with E-state index in [4.69, 9.17) is 9.47 Å². The monoisotopic (exact) mass is 768 g/mol. The van der Waals surface area contributed by atoms with Crippen LogP contribution in [0.15, 0.2) is 24.3 Å². The average Bonchev–Trinajstić information content (AvgIpc) is 3.17. The molecule has 0 spiro atoms. The number of nitrogens with one attached hydrogen (secondary N) is 1. The van der Waals surface area contributed by atoms with E-state index in [-0.39, 0.29) is 12.5 Å². The predicted molar refractivity (Wildman–Crippen MR) is 221 cm³/mol. The molecule has 1 rings (SSSR count).